The number of rotatable bonds is 6. The Bertz CT molecular complexity index is 1110. The number of aromatic nitrogens is 2. The third-order valence-corrected chi connectivity index (χ3v) is 6.23. The second-order valence-corrected chi connectivity index (χ2v) is 8.50. The second kappa shape index (κ2) is 8.46. The molecule has 2 aromatic heterocycles. The van der Waals surface area contributed by atoms with Crippen LogP contribution in [-0.2, 0) is 13.1 Å². The molecular weight excluding hydrogens is 421 g/mol. The van der Waals surface area contributed by atoms with Crippen LogP contribution < -0.4 is 10.2 Å². The largest absolute Gasteiger partial charge is 0.361 e. The average molecular weight is 444 g/mol. The maximum absolute atomic E-state index is 13.2. The molecule has 162 valence electrons. The Hall–Kier alpha value is -3.27. The third kappa shape index (κ3) is 4.43. The van der Waals surface area contributed by atoms with E-state index < -0.39 is 0 Å². The highest BCUT2D eigenvalue weighted by Crippen LogP contribution is 2.31. The summed E-state index contributed by atoms with van der Waals surface area (Å²) in [4.78, 5) is 33.8. The zero-order valence-electron chi connectivity index (χ0n) is 17.4. The molecule has 1 aliphatic heterocycles. The molecule has 3 aromatic rings. The molecule has 3 amide bonds. The first-order valence-electron chi connectivity index (χ1n) is 9.82. The number of urea groups is 1. The summed E-state index contributed by atoms with van der Waals surface area (Å²) in [5.41, 5.74) is 2.04. The van der Waals surface area contributed by atoms with Gasteiger partial charge in [-0.3, -0.25) is 9.69 Å². The molecule has 0 radical (unpaired) electrons. The van der Waals surface area contributed by atoms with Gasteiger partial charge in [-0.1, -0.05) is 28.6 Å². The first kappa shape index (κ1) is 21.0. The summed E-state index contributed by atoms with van der Waals surface area (Å²) in [5, 5.41) is 7.15. The van der Waals surface area contributed by atoms with E-state index in [2.05, 4.69) is 15.5 Å². The lowest BCUT2D eigenvalue weighted by Gasteiger charge is -2.20. The van der Waals surface area contributed by atoms with Gasteiger partial charge in [0.15, 0.2) is 5.13 Å². The van der Waals surface area contributed by atoms with Gasteiger partial charge in [-0.05, 0) is 38.5 Å². The SMILES string of the molecule is Cc1cc(CNC(=O)c2sc(N3CC(C)N(Cc4ccc(F)cc4)C3=O)nc2C)no1. The molecule has 0 bridgehead atoms. The van der Waals surface area contributed by atoms with Crippen molar-refractivity contribution in [1.29, 1.82) is 0 Å². The fraction of sp³-hybridized carbons (Fsp3) is 0.333. The summed E-state index contributed by atoms with van der Waals surface area (Å²) in [7, 11) is 0. The quantitative estimate of drug-likeness (QED) is 0.628. The molecule has 4 rings (SSSR count). The van der Waals surface area contributed by atoms with Crippen molar-refractivity contribution < 1.29 is 18.5 Å². The Kier molecular flexibility index (Phi) is 5.73. The molecule has 8 nitrogen and oxygen atoms in total. The number of hydrogen-bond donors (Lipinski definition) is 1. The third-order valence-electron chi connectivity index (χ3n) is 5.05. The number of carbonyl (C=O) groups is 2. The van der Waals surface area contributed by atoms with E-state index in [1.165, 1.54) is 23.5 Å². The van der Waals surface area contributed by atoms with Crippen molar-refractivity contribution in [3.05, 3.63) is 63.7 Å². The topological polar surface area (TPSA) is 91.6 Å². The lowest BCUT2D eigenvalue weighted by Crippen LogP contribution is -2.33. The Labute approximate surface area is 182 Å². The number of benzene rings is 1. The number of hydrogen-bond acceptors (Lipinski definition) is 6. The van der Waals surface area contributed by atoms with Crippen LogP contribution in [0.3, 0.4) is 0 Å². The maximum atomic E-state index is 13.2. The number of nitrogens with one attached hydrogen (secondary N) is 1. The second-order valence-electron chi connectivity index (χ2n) is 7.52. The predicted molar refractivity (Wildman–Crippen MR) is 113 cm³/mol. The standard InChI is InChI=1S/C21H22FN5O3S/c1-12-10-27(21(29)26(12)11-15-4-6-16(22)7-5-15)20-24-14(3)18(31-20)19(28)23-9-17-8-13(2)30-25-17/h4-8,12H,9-11H2,1-3H3,(H,23,28). The number of carbonyl (C=O) groups excluding carboxylic acids is 2. The van der Waals surface area contributed by atoms with Crippen LogP contribution in [0.25, 0.3) is 0 Å². The number of nitrogens with zero attached hydrogens (tertiary/aromatic N) is 4. The zero-order valence-corrected chi connectivity index (χ0v) is 18.2. The van der Waals surface area contributed by atoms with Crippen molar-refractivity contribution in [1.82, 2.24) is 20.4 Å². The van der Waals surface area contributed by atoms with E-state index in [0.717, 1.165) is 5.56 Å². The molecule has 1 fully saturated rings. The van der Waals surface area contributed by atoms with E-state index in [9.17, 15) is 14.0 Å². The lowest BCUT2D eigenvalue weighted by molar-refractivity contribution is 0.0953. The molecule has 31 heavy (non-hydrogen) atoms. The van der Waals surface area contributed by atoms with Crippen LogP contribution in [0.4, 0.5) is 14.3 Å². The Morgan fingerprint density at radius 2 is 2.06 bits per heavy atom. The number of thiazole rings is 1. The van der Waals surface area contributed by atoms with Gasteiger partial charge in [-0.15, -0.1) is 0 Å². The predicted octanol–water partition coefficient (Wildman–Crippen LogP) is 3.65. The zero-order chi connectivity index (χ0) is 22.1. The van der Waals surface area contributed by atoms with Crippen LogP contribution in [0.1, 0.15) is 39.3 Å². The van der Waals surface area contributed by atoms with Crippen molar-refractivity contribution in [3.63, 3.8) is 0 Å². The number of aryl methyl sites for hydroxylation is 2. The number of amides is 3. The highest BCUT2D eigenvalue weighted by atomic mass is 32.1. The highest BCUT2D eigenvalue weighted by molar-refractivity contribution is 7.17. The molecule has 1 atom stereocenters. The van der Waals surface area contributed by atoms with E-state index in [0.29, 0.717) is 40.2 Å². The minimum atomic E-state index is -0.311. The molecule has 1 saturated heterocycles. The van der Waals surface area contributed by atoms with Crippen LogP contribution in [0.15, 0.2) is 34.9 Å². The van der Waals surface area contributed by atoms with Crippen LogP contribution in [0, 0.1) is 19.7 Å². The van der Waals surface area contributed by atoms with Gasteiger partial charge in [0, 0.05) is 18.7 Å². The van der Waals surface area contributed by atoms with Crippen LogP contribution in [-0.4, -0.2) is 39.6 Å². The van der Waals surface area contributed by atoms with E-state index in [4.69, 9.17) is 4.52 Å². The maximum Gasteiger partial charge on any atom is 0.326 e. The summed E-state index contributed by atoms with van der Waals surface area (Å²) in [6.07, 6.45) is 0. The molecule has 3 heterocycles. The molecule has 1 unspecified atom stereocenters. The fourth-order valence-corrected chi connectivity index (χ4v) is 4.40. The van der Waals surface area contributed by atoms with Gasteiger partial charge < -0.3 is 14.7 Å². The average Bonchev–Trinajstić information content (AvgIpc) is 3.41. The van der Waals surface area contributed by atoms with Gasteiger partial charge >= 0.3 is 6.03 Å². The normalized spacial score (nSPS) is 16.3. The lowest BCUT2D eigenvalue weighted by atomic mass is 10.2. The molecule has 0 aliphatic carbocycles. The molecule has 0 saturated carbocycles. The van der Waals surface area contributed by atoms with Crippen molar-refractivity contribution >= 4 is 28.4 Å². The summed E-state index contributed by atoms with van der Waals surface area (Å²) in [6.45, 7) is 6.57. The molecule has 0 spiro atoms. The number of anilines is 1. The van der Waals surface area contributed by atoms with Gasteiger partial charge in [0.25, 0.3) is 5.91 Å². The van der Waals surface area contributed by atoms with Gasteiger partial charge in [0.1, 0.15) is 22.1 Å². The molecule has 1 aromatic carbocycles. The van der Waals surface area contributed by atoms with Crippen molar-refractivity contribution in [2.24, 2.45) is 0 Å². The van der Waals surface area contributed by atoms with Gasteiger partial charge in [-0.25, -0.2) is 14.2 Å². The van der Waals surface area contributed by atoms with E-state index in [1.807, 2.05) is 6.92 Å². The smallest absolute Gasteiger partial charge is 0.326 e. The Morgan fingerprint density at radius 1 is 1.32 bits per heavy atom. The molecule has 1 N–H and O–H groups in total. The van der Waals surface area contributed by atoms with Crippen molar-refractivity contribution in [3.8, 4) is 0 Å². The summed E-state index contributed by atoms with van der Waals surface area (Å²) >= 11 is 1.18. The van der Waals surface area contributed by atoms with Crippen molar-refractivity contribution in [2.75, 3.05) is 11.4 Å². The van der Waals surface area contributed by atoms with Crippen LogP contribution in [0.2, 0.25) is 0 Å². The van der Waals surface area contributed by atoms with Crippen LogP contribution >= 0.6 is 11.3 Å². The monoisotopic (exact) mass is 443 g/mol. The first-order chi connectivity index (χ1) is 14.8. The van der Waals surface area contributed by atoms with Gasteiger partial charge in [0.2, 0.25) is 0 Å². The Balaban J connectivity index is 1.45. The van der Waals surface area contributed by atoms with Gasteiger partial charge in [0.05, 0.1) is 18.8 Å². The molecular formula is C21H22FN5O3S. The van der Waals surface area contributed by atoms with Crippen molar-refractivity contribution in [2.45, 2.75) is 39.9 Å². The summed E-state index contributed by atoms with van der Waals surface area (Å²) < 4.78 is 18.2. The van der Waals surface area contributed by atoms with E-state index in [1.54, 1.807) is 41.8 Å². The Morgan fingerprint density at radius 3 is 2.74 bits per heavy atom. The van der Waals surface area contributed by atoms with E-state index in [-0.39, 0.29) is 30.3 Å². The fourth-order valence-electron chi connectivity index (χ4n) is 3.42. The van der Waals surface area contributed by atoms with Crippen LogP contribution in [0.5, 0.6) is 0 Å². The first-order valence-corrected chi connectivity index (χ1v) is 10.6. The number of halogens is 1. The minimum Gasteiger partial charge on any atom is -0.361 e. The minimum absolute atomic E-state index is 0.0468. The summed E-state index contributed by atoms with van der Waals surface area (Å²) in [5.74, 6) is 0.0889. The molecule has 1 aliphatic rings. The van der Waals surface area contributed by atoms with Gasteiger partial charge in [-0.2, -0.15) is 0 Å². The molecule has 10 heteroatoms. The highest BCUT2D eigenvalue weighted by Gasteiger charge is 2.37. The summed E-state index contributed by atoms with van der Waals surface area (Å²) in [6, 6.07) is 7.63. The van der Waals surface area contributed by atoms with E-state index >= 15 is 0 Å².